The first-order valence-corrected chi connectivity index (χ1v) is 10.5. The molecule has 2 heterocycles. The van der Waals surface area contributed by atoms with Crippen LogP contribution in [0.4, 0.5) is 10.5 Å². The molecule has 0 atom stereocenters. The van der Waals surface area contributed by atoms with Crippen LogP contribution in [0.2, 0.25) is 0 Å². The monoisotopic (exact) mass is 397 g/mol. The fourth-order valence-corrected chi connectivity index (χ4v) is 5.25. The van der Waals surface area contributed by atoms with Gasteiger partial charge < -0.3 is 4.74 Å². The van der Waals surface area contributed by atoms with Gasteiger partial charge >= 0.3 is 6.09 Å². The molecule has 1 fully saturated rings. The molecule has 7 nitrogen and oxygen atoms in total. The van der Waals surface area contributed by atoms with E-state index in [9.17, 15) is 13.2 Å². The zero-order chi connectivity index (χ0) is 19.7. The maximum Gasteiger partial charge on any atom is 0.414 e. The summed E-state index contributed by atoms with van der Waals surface area (Å²) in [4.78, 5) is 14.1. The summed E-state index contributed by atoms with van der Waals surface area (Å²) in [5.41, 5.74) is 2.09. The summed E-state index contributed by atoms with van der Waals surface area (Å²) in [5, 5.41) is 9.01. The molecule has 8 heteroatoms. The van der Waals surface area contributed by atoms with Gasteiger partial charge in [0.2, 0.25) is 10.0 Å². The molecule has 0 spiro atoms. The van der Waals surface area contributed by atoms with Crippen LogP contribution in [-0.4, -0.2) is 37.9 Å². The molecule has 0 bridgehead atoms. The van der Waals surface area contributed by atoms with Crippen LogP contribution in [0.15, 0.2) is 53.4 Å². The number of carbonyl (C=O) groups excluding carboxylic acids is 1. The van der Waals surface area contributed by atoms with Crippen molar-refractivity contribution in [2.75, 3.05) is 18.0 Å². The predicted octanol–water partition coefficient (Wildman–Crippen LogP) is 2.87. The summed E-state index contributed by atoms with van der Waals surface area (Å²) in [6.07, 6.45) is 0.642. The molecule has 0 aliphatic carbocycles. The van der Waals surface area contributed by atoms with Gasteiger partial charge in [0.05, 0.1) is 22.2 Å². The number of hydrogen-bond donors (Lipinski definition) is 0. The smallest absolute Gasteiger partial charge is 0.414 e. The Morgan fingerprint density at radius 1 is 1.07 bits per heavy atom. The Balaban J connectivity index is 1.52. The number of benzene rings is 2. The highest BCUT2D eigenvalue weighted by molar-refractivity contribution is 7.89. The van der Waals surface area contributed by atoms with Crippen molar-refractivity contribution in [3.63, 3.8) is 0 Å². The van der Waals surface area contributed by atoms with Gasteiger partial charge in [-0.15, -0.1) is 0 Å². The second-order valence-electron chi connectivity index (χ2n) is 6.83. The lowest BCUT2D eigenvalue weighted by molar-refractivity contribution is 0.136. The quantitative estimate of drug-likeness (QED) is 0.794. The van der Waals surface area contributed by atoms with E-state index in [-0.39, 0.29) is 23.6 Å². The third-order valence-electron chi connectivity index (χ3n) is 5.19. The first-order valence-electron chi connectivity index (χ1n) is 9.05. The van der Waals surface area contributed by atoms with Crippen molar-refractivity contribution in [2.45, 2.75) is 30.4 Å². The van der Waals surface area contributed by atoms with E-state index >= 15 is 0 Å². The van der Waals surface area contributed by atoms with Gasteiger partial charge in [-0.05, 0) is 37.1 Å². The highest BCUT2D eigenvalue weighted by Gasteiger charge is 2.37. The van der Waals surface area contributed by atoms with E-state index in [1.165, 1.54) is 16.4 Å². The number of fused-ring (bicyclic) bond motifs is 1. The largest absolute Gasteiger partial charge is 0.444 e. The number of ether oxygens (including phenoxy) is 1. The molecule has 0 unspecified atom stereocenters. The average molecular weight is 397 g/mol. The lowest BCUT2D eigenvalue weighted by atomic mass is 10.0. The standard InChI is InChI=1S/C20H19N3O4S/c21-13-15-4-3-6-18(12-15)28(25,26)22-10-8-17(9-11-22)23-19-7-2-1-5-16(19)14-27-20(23)24/h1-7,12,17H,8-11,14H2. The van der Waals surface area contributed by atoms with Crippen LogP contribution in [0.5, 0.6) is 0 Å². The van der Waals surface area contributed by atoms with Crippen LogP contribution in [0.1, 0.15) is 24.0 Å². The van der Waals surface area contributed by atoms with Crippen LogP contribution in [0.25, 0.3) is 0 Å². The van der Waals surface area contributed by atoms with E-state index in [0.717, 1.165) is 11.3 Å². The van der Waals surface area contributed by atoms with E-state index in [2.05, 4.69) is 0 Å². The fourth-order valence-electron chi connectivity index (χ4n) is 3.74. The number of nitrogens with zero attached hydrogens (tertiary/aromatic N) is 3. The fraction of sp³-hybridized carbons (Fsp3) is 0.300. The van der Waals surface area contributed by atoms with E-state index in [1.54, 1.807) is 17.0 Å². The summed E-state index contributed by atoms with van der Waals surface area (Å²) < 4.78 is 32.5. The topological polar surface area (TPSA) is 90.7 Å². The van der Waals surface area contributed by atoms with E-state index in [0.29, 0.717) is 31.5 Å². The first kappa shape index (κ1) is 18.5. The van der Waals surface area contributed by atoms with Gasteiger partial charge in [-0.3, -0.25) is 4.90 Å². The number of carbonyl (C=O) groups is 1. The number of rotatable bonds is 3. The van der Waals surface area contributed by atoms with Gasteiger partial charge in [0, 0.05) is 24.7 Å². The number of anilines is 1. The molecule has 0 radical (unpaired) electrons. The second-order valence-corrected chi connectivity index (χ2v) is 8.77. The minimum atomic E-state index is -3.68. The van der Waals surface area contributed by atoms with Crippen LogP contribution in [0, 0.1) is 11.3 Å². The number of sulfonamides is 1. The second kappa shape index (κ2) is 7.26. The Bertz CT molecular complexity index is 1050. The Labute approximate surface area is 163 Å². The van der Waals surface area contributed by atoms with Gasteiger partial charge in [-0.25, -0.2) is 13.2 Å². The van der Waals surface area contributed by atoms with Crippen LogP contribution < -0.4 is 4.90 Å². The van der Waals surface area contributed by atoms with Crippen molar-refractivity contribution in [2.24, 2.45) is 0 Å². The molecule has 2 aliphatic heterocycles. The third kappa shape index (κ3) is 3.23. The summed E-state index contributed by atoms with van der Waals surface area (Å²) in [6, 6.07) is 15.5. The molecule has 1 saturated heterocycles. The normalized spacial score (nSPS) is 18.2. The summed E-state index contributed by atoms with van der Waals surface area (Å²) in [6.45, 7) is 0.861. The van der Waals surface area contributed by atoms with Gasteiger partial charge in [-0.1, -0.05) is 24.3 Å². The van der Waals surface area contributed by atoms with E-state index < -0.39 is 10.0 Å². The van der Waals surface area contributed by atoms with Crippen molar-refractivity contribution in [1.29, 1.82) is 5.26 Å². The summed E-state index contributed by atoms with van der Waals surface area (Å²) >= 11 is 0. The maximum absolute atomic E-state index is 12.9. The number of nitriles is 1. The summed E-state index contributed by atoms with van der Waals surface area (Å²) in [7, 11) is -3.68. The van der Waals surface area contributed by atoms with Crippen molar-refractivity contribution in [1.82, 2.24) is 4.31 Å². The van der Waals surface area contributed by atoms with Crippen molar-refractivity contribution < 1.29 is 17.9 Å². The molecule has 28 heavy (non-hydrogen) atoms. The van der Waals surface area contributed by atoms with Crippen molar-refractivity contribution >= 4 is 21.8 Å². The van der Waals surface area contributed by atoms with Crippen LogP contribution >= 0.6 is 0 Å². The molecule has 2 aromatic rings. The Morgan fingerprint density at radius 3 is 2.57 bits per heavy atom. The molecule has 1 amide bonds. The number of piperidine rings is 1. The number of para-hydroxylation sites is 1. The lowest BCUT2D eigenvalue weighted by Gasteiger charge is -2.39. The highest BCUT2D eigenvalue weighted by atomic mass is 32.2. The Morgan fingerprint density at radius 2 is 1.82 bits per heavy atom. The molecule has 2 aromatic carbocycles. The van der Waals surface area contributed by atoms with Crippen molar-refractivity contribution in [3.05, 3.63) is 59.7 Å². The van der Waals surface area contributed by atoms with Crippen LogP contribution in [-0.2, 0) is 21.4 Å². The van der Waals surface area contributed by atoms with Gasteiger partial charge in [-0.2, -0.15) is 9.57 Å². The third-order valence-corrected chi connectivity index (χ3v) is 7.08. The first-order chi connectivity index (χ1) is 13.5. The molecular formula is C20H19N3O4S. The van der Waals surface area contributed by atoms with Crippen LogP contribution in [0.3, 0.4) is 0 Å². The molecule has 144 valence electrons. The van der Waals surface area contributed by atoms with Crippen molar-refractivity contribution in [3.8, 4) is 6.07 Å². The molecule has 2 aliphatic rings. The molecule has 4 rings (SSSR count). The number of amides is 1. The maximum atomic E-state index is 12.9. The summed E-state index contributed by atoms with van der Waals surface area (Å²) in [5.74, 6) is 0. The molecular weight excluding hydrogens is 378 g/mol. The minimum absolute atomic E-state index is 0.118. The molecule has 0 aromatic heterocycles. The minimum Gasteiger partial charge on any atom is -0.444 e. The molecule has 0 N–H and O–H groups in total. The number of hydrogen-bond acceptors (Lipinski definition) is 5. The SMILES string of the molecule is N#Cc1cccc(S(=O)(=O)N2CCC(N3C(=O)OCc4ccccc43)CC2)c1. The van der Waals surface area contributed by atoms with Gasteiger partial charge in [0.15, 0.2) is 0 Å². The predicted molar refractivity (Wildman–Crippen MR) is 102 cm³/mol. The van der Waals surface area contributed by atoms with Gasteiger partial charge in [0.1, 0.15) is 6.61 Å². The highest BCUT2D eigenvalue weighted by Crippen LogP contribution is 2.32. The zero-order valence-corrected chi connectivity index (χ0v) is 15.9. The lowest BCUT2D eigenvalue weighted by Crippen LogP contribution is -2.50. The number of cyclic esters (lactones) is 1. The molecule has 0 saturated carbocycles. The van der Waals surface area contributed by atoms with E-state index in [4.69, 9.17) is 10.00 Å². The average Bonchev–Trinajstić information content (AvgIpc) is 2.74. The zero-order valence-electron chi connectivity index (χ0n) is 15.1. The van der Waals surface area contributed by atoms with E-state index in [1.807, 2.05) is 30.3 Å². The Hall–Kier alpha value is -2.89. The Kier molecular flexibility index (Phi) is 4.79. The van der Waals surface area contributed by atoms with Gasteiger partial charge in [0.25, 0.3) is 0 Å².